The van der Waals surface area contributed by atoms with Crippen molar-refractivity contribution in [1.29, 1.82) is 0 Å². The van der Waals surface area contributed by atoms with Gasteiger partial charge in [0.15, 0.2) is 0 Å². The lowest BCUT2D eigenvalue weighted by molar-refractivity contribution is -0.139. The summed E-state index contributed by atoms with van der Waals surface area (Å²) in [4.78, 5) is 27.7. The summed E-state index contributed by atoms with van der Waals surface area (Å²) >= 11 is 6.82. The molecule has 0 unspecified atom stereocenters. The maximum absolute atomic E-state index is 13.7. The molecule has 3 aromatic rings. The molecule has 0 saturated carbocycles. The predicted octanol–water partition coefficient (Wildman–Crippen LogP) is 4.88. The Kier molecular flexibility index (Phi) is 9.32. The van der Waals surface area contributed by atoms with E-state index >= 15 is 0 Å². The van der Waals surface area contributed by atoms with E-state index in [0.717, 1.165) is 19.9 Å². The standard InChI is InChI=1S/C26H27Br2N3O4S/c1-18-10-12-24(13-11-18)36(34,35)31(23-9-5-8-22(28)15-23)17-25(32)30(19(2)26(33)29-3)16-20-6-4-7-21(27)14-20/h4-15,19H,16-17H2,1-3H3,(H,29,33)/t19-/m1/s1. The third-order valence-electron chi connectivity index (χ3n) is 5.64. The van der Waals surface area contributed by atoms with Crippen LogP contribution in [-0.2, 0) is 26.2 Å². The van der Waals surface area contributed by atoms with Crippen molar-refractivity contribution in [3.8, 4) is 0 Å². The number of likely N-dealkylation sites (N-methyl/N-ethyl adjacent to an activating group) is 1. The van der Waals surface area contributed by atoms with Gasteiger partial charge in [-0.05, 0) is 61.9 Å². The first-order valence-electron chi connectivity index (χ1n) is 11.1. The Balaban J connectivity index is 2.03. The van der Waals surface area contributed by atoms with Crippen LogP contribution in [0, 0.1) is 6.92 Å². The normalized spacial score (nSPS) is 12.0. The number of nitrogens with zero attached hydrogens (tertiary/aromatic N) is 2. The molecule has 0 saturated heterocycles. The summed E-state index contributed by atoms with van der Waals surface area (Å²) in [6, 6.07) is 19.8. The van der Waals surface area contributed by atoms with Crippen LogP contribution in [0.5, 0.6) is 0 Å². The summed E-state index contributed by atoms with van der Waals surface area (Å²) in [5.41, 5.74) is 2.04. The van der Waals surface area contributed by atoms with Crippen LogP contribution in [0.4, 0.5) is 5.69 Å². The summed E-state index contributed by atoms with van der Waals surface area (Å²) in [5, 5.41) is 2.57. The van der Waals surface area contributed by atoms with Gasteiger partial charge in [0.25, 0.3) is 10.0 Å². The van der Waals surface area contributed by atoms with Gasteiger partial charge < -0.3 is 10.2 Å². The molecule has 1 atom stereocenters. The Hall–Kier alpha value is -2.69. The fourth-order valence-electron chi connectivity index (χ4n) is 3.62. The number of sulfonamides is 1. The fourth-order valence-corrected chi connectivity index (χ4v) is 5.86. The van der Waals surface area contributed by atoms with Gasteiger partial charge in [-0.2, -0.15) is 0 Å². The molecule has 36 heavy (non-hydrogen) atoms. The smallest absolute Gasteiger partial charge is 0.264 e. The molecular weight excluding hydrogens is 610 g/mol. The first-order valence-corrected chi connectivity index (χ1v) is 14.2. The molecule has 7 nitrogen and oxygen atoms in total. The second kappa shape index (κ2) is 12.0. The zero-order chi connectivity index (χ0) is 26.5. The van der Waals surface area contributed by atoms with E-state index in [4.69, 9.17) is 0 Å². The summed E-state index contributed by atoms with van der Waals surface area (Å²) in [6.45, 7) is 3.13. The first-order chi connectivity index (χ1) is 17.0. The molecule has 10 heteroatoms. The lowest BCUT2D eigenvalue weighted by Gasteiger charge is -2.32. The van der Waals surface area contributed by atoms with E-state index in [9.17, 15) is 18.0 Å². The van der Waals surface area contributed by atoms with Gasteiger partial charge in [-0.25, -0.2) is 8.42 Å². The Bertz CT molecular complexity index is 1350. The molecule has 0 spiro atoms. The highest BCUT2D eigenvalue weighted by atomic mass is 79.9. The number of carbonyl (C=O) groups is 2. The minimum absolute atomic E-state index is 0.0683. The molecule has 0 aromatic heterocycles. The number of anilines is 1. The minimum Gasteiger partial charge on any atom is -0.357 e. The van der Waals surface area contributed by atoms with Crippen molar-refractivity contribution in [3.63, 3.8) is 0 Å². The average Bonchev–Trinajstić information content (AvgIpc) is 2.85. The van der Waals surface area contributed by atoms with E-state index in [1.807, 2.05) is 31.2 Å². The van der Waals surface area contributed by atoms with Crippen LogP contribution in [0.3, 0.4) is 0 Å². The molecule has 0 bridgehead atoms. The van der Waals surface area contributed by atoms with Gasteiger partial charge in [0, 0.05) is 22.5 Å². The van der Waals surface area contributed by atoms with Crippen LogP contribution in [0.1, 0.15) is 18.1 Å². The van der Waals surface area contributed by atoms with Gasteiger partial charge in [0.1, 0.15) is 12.6 Å². The molecule has 3 rings (SSSR count). The second-order valence-electron chi connectivity index (χ2n) is 8.25. The summed E-state index contributed by atoms with van der Waals surface area (Å²) in [7, 11) is -2.59. The largest absolute Gasteiger partial charge is 0.357 e. The summed E-state index contributed by atoms with van der Waals surface area (Å²) < 4.78 is 30.0. The maximum Gasteiger partial charge on any atom is 0.264 e. The molecule has 0 aliphatic heterocycles. The van der Waals surface area contributed by atoms with E-state index < -0.39 is 28.5 Å². The number of nitrogens with one attached hydrogen (secondary N) is 1. The number of benzene rings is 3. The molecular formula is C26H27Br2N3O4S. The number of rotatable bonds is 9. The quantitative estimate of drug-likeness (QED) is 0.363. The SMILES string of the molecule is CNC(=O)[C@@H](C)N(Cc1cccc(Br)c1)C(=O)CN(c1cccc(Br)c1)S(=O)(=O)c1ccc(C)cc1. The molecule has 190 valence electrons. The van der Waals surface area contributed by atoms with Crippen LogP contribution in [-0.4, -0.2) is 44.8 Å². The predicted molar refractivity (Wildman–Crippen MR) is 148 cm³/mol. The van der Waals surface area contributed by atoms with Crippen molar-refractivity contribution in [2.75, 3.05) is 17.9 Å². The van der Waals surface area contributed by atoms with Crippen molar-refractivity contribution in [3.05, 3.63) is 92.9 Å². The number of hydrogen-bond acceptors (Lipinski definition) is 4. The number of halogens is 2. The van der Waals surface area contributed by atoms with Gasteiger partial charge in [-0.1, -0.05) is 67.8 Å². The number of hydrogen-bond donors (Lipinski definition) is 1. The zero-order valence-corrected chi connectivity index (χ0v) is 24.1. The van der Waals surface area contributed by atoms with E-state index in [1.165, 1.54) is 24.1 Å². The maximum atomic E-state index is 13.7. The number of aryl methyl sites for hydroxylation is 1. The van der Waals surface area contributed by atoms with Crippen LogP contribution >= 0.6 is 31.9 Å². The molecule has 0 aliphatic carbocycles. The Morgan fingerprint density at radius 2 is 1.56 bits per heavy atom. The third-order valence-corrected chi connectivity index (χ3v) is 8.41. The molecule has 0 fully saturated rings. The number of amides is 2. The Labute approximate surface area is 228 Å². The van der Waals surface area contributed by atoms with Gasteiger partial charge in [-0.15, -0.1) is 0 Å². The lowest BCUT2D eigenvalue weighted by Crippen LogP contribution is -2.50. The van der Waals surface area contributed by atoms with Crippen molar-refractivity contribution >= 4 is 59.4 Å². The highest BCUT2D eigenvalue weighted by Gasteiger charge is 2.32. The summed E-state index contributed by atoms with van der Waals surface area (Å²) in [5.74, 6) is -0.865. The Morgan fingerprint density at radius 1 is 0.944 bits per heavy atom. The van der Waals surface area contributed by atoms with Crippen LogP contribution in [0.2, 0.25) is 0 Å². The van der Waals surface area contributed by atoms with E-state index in [-0.39, 0.29) is 17.3 Å². The molecule has 0 radical (unpaired) electrons. The van der Waals surface area contributed by atoms with E-state index in [2.05, 4.69) is 37.2 Å². The topological polar surface area (TPSA) is 86.8 Å². The van der Waals surface area contributed by atoms with E-state index in [1.54, 1.807) is 43.3 Å². The fraction of sp³-hybridized carbons (Fsp3) is 0.231. The second-order valence-corrected chi connectivity index (χ2v) is 11.9. The molecule has 0 heterocycles. The third kappa shape index (κ3) is 6.74. The van der Waals surface area contributed by atoms with Gasteiger partial charge in [0.05, 0.1) is 10.6 Å². The first kappa shape index (κ1) is 27.9. The molecule has 3 aromatic carbocycles. The highest BCUT2D eigenvalue weighted by Crippen LogP contribution is 2.27. The highest BCUT2D eigenvalue weighted by molar-refractivity contribution is 9.10. The molecule has 0 aliphatic rings. The average molecular weight is 637 g/mol. The van der Waals surface area contributed by atoms with Crippen LogP contribution < -0.4 is 9.62 Å². The molecule has 2 amide bonds. The summed E-state index contributed by atoms with van der Waals surface area (Å²) in [6.07, 6.45) is 0. The number of carbonyl (C=O) groups excluding carboxylic acids is 2. The van der Waals surface area contributed by atoms with Gasteiger partial charge in [-0.3, -0.25) is 13.9 Å². The van der Waals surface area contributed by atoms with Crippen LogP contribution in [0.25, 0.3) is 0 Å². The van der Waals surface area contributed by atoms with Crippen molar-refractivity contribution in [2.24, 2.45) is 0 Å². The van der Waals surface area contributed by atoms with Crippen molar-refractivity contribution in [1.82, 2.24) is 10.2 Å². The van der Waals surface area contributed by atoms with Crippen molar-refractivity contribution in [2.45, 2.75) is 31.3 Å². The minimum atomic E-state index is -4.09. The monoisotopic (exact) mass is 635 g/mol. The Morgan fingerprint density at radius 3 is 2.14 bits per heavy atom. The lowest BCUT2D eigenvalue weighted by atomic mass is 10.1. The van der Waals surface area contributed by atoms with Crippen molar-refractivity contribution < 1.29 is 18.0 Å². The van der Waals surface area contributed by atoms with E-state index in [0.29, 0.717) is 10.2 Å². The molecule has 1 N–H and O–H groups in total. The van der Waals surface area contributed by atoms with Gasteiger partial charge >= 0.3 is 0 Å². The van der Waals surface area contributed by atoms with Gasteiger partial charge in [0.2, 0.25) is 11.8 Å². The van der Waals surface area contributed by atoms with Crippen LogP contribution in [0.15, 0.2) is 86.6 Å². The zero-order valence-electron chi connectivity index (χ0n) is 20.1.